The molecule has 0 amide bonds. The molecule has 0 aliphatic carbocycles. The summed E-state index contributed by atoms with van der Waals surface area (Å²) in [6.07, 6.45) is 2.62. The van der Waals surface area contributed by atoms with Crippen LogP contribution in [0, 0.1) is 6.92 Å². The lowest BCUT2D eigenvalue weighted by Crippen LogP contribution is -2.35. The van der Waals surface area contributed by atoms with Crippen LogP contribution in [0.1, 0.15) is 23.6 Å². The van der Waals surface area contributed by atoms with Crippen LogP contribution in [0.2, 0.25) is 0 Å². The maximum atomic E-state index is 12.0. The average Bonchev–Trinajstić information content (AvgIpc) is 2.72. The van der Waals surface area contributed by atoms with Gasteiger partial charge < -0.3 is 9.88 Å². The number of pyridine rings is 1. The minimum atomic E-state index is -0.0863. The summed E-state index contributed by atoms with van der Waals surface area (Å²) in [4.78, 5) is 16.7. The number of fused-ring (bicyclic) bond motifs is 1. The Hall–Kier alpha value is -1.68. The summed E-state index contributed by atoms with van der Waals surface area (Å²) in [5.74, 6) is 0.214. The van der Waals surface area contributed by atoms with Gasteiger partial charge in [-0.2, -0.15) is 0 Å². The van der Waals surface area contributed by atoms with Gasteiger partial charge >= 0.3 is 0 Å². The van der Waals surface area contributed by atoms with Crippen molar-refractivity contribution in [3.63, 3.8) is 0 Å². The van der Waals surface area contributed by atoms with E-state index < -0.39 is 0 Å². The fourth-order valence-electron chi connectivity index (χ4n) is 2.62. The molecule has 2 aromatic rings. The first-order chi connectivity index (χ1) is 8.66. The number of aryl methyl sites for hydroxylation is 2. The normalized spacial score (nSPS) is 20.6. The number of Topliss-reactive ketones (excluding diaryl/α,β-unsaturated/α-hetero) is 1. The van der Waals surface area contributed by atoms with E-state index in [1.54, 1.807) is 0 Å². The molecule has 4 heteroatoms. The van der Waals surface area contributed by atoms with E-state index in [1.807, 2.05) is 17.8 Å². The van der Waals surface area contributed by atoms with Gasteiger partial charge in [-0.15, -0.1) is 0 Å². The van der Waals surface area contributed by atoms with Crippen molar-refractivity contribution < 1.29 is 4.79 Å². The number of hydrogen-bond donors (Lipinski definition) is 1. The predicted molar refractivity (Wildman–Crippen MR) is 70.7 cm³/mol. The van der Waals surface area contributed by atoms with Gasteiger partial charge in [0.25, 0.3) is 0 Å². The first-order valence-electron chi connectivity index (χ1n) is 6.33. The van der Waals surface area contributed by atoms with E-state index in [0.29, 0.717) is 18.7 Å². The van der Waals surface area contributed by atoms with Crippen LogP contribution in [0.5, 0.6) is 0 Å². The standard InChI is InChI=1S/C14H17N3O/c1-9-7-12(11-8-15-5-3-13(11)18)16-14-10(9)4-6-17(14)2/h4,6-7,11,15H,3,5,8H2,1-2H3. The molecule has 0 saturated carbocycles. The van der Waals surface area contributed by atoms with E-state index in [9.17, 15) is 4.79 Å². The molecule has 1 unspecified atom stereocenters. The van der Waals surface area contributed by atoms with Crippen LogP contribution in [0.4, 0.5) is 0 Å². The Morgan fingerprint density at radius 1 is 1.50 bits per heavy atom. The van der Waals surface area contributed by atoms with Crippen LogP contribution < -0.4 is 5.32 Å². The first kappa shape index (κ1) is 11.4. The number of piperidine rings is 1. The molecule has 0 spiro atoms. The van der Waals surface area contributed by atoms with Crippen molar-refractivity contribution in [3.8, 4) is 0 Å². The van der Waals surface area contributed by atoms with E-state index in [0.717, 1.165) is 23.3 Å². The molecule has 94 valence electrons. The third-order valence-electron chi connectivity index (χ3n) is 3.71. The summed E-state index contributed by atoms with van der Waals surface area (Å²) < 4.78 is 2.01. The van der Waals surface area contributed by atoms with Gasteiger partial charge in [0, 0.05) is 38.1 Å². The van der Waals surface area contributed by atoms with Gasteiger partial charge in [-0.05, 0) is 24.6 Å². The molecule has 2 aromatic heterocycles. The van der Waals surface area contributed by atoms with Crippen LogP contribution in [0.3, 0.4) is 0 Å². The van der Waals surface area contributed by atoms with E-state index >= 15 is 0 Å². The minimum absolute atomic E-state index is 0.0863. The zero-order valence-corrected chi connectivity index (χ0v) is 10.7. The van der Waals surface area contributed by atoms with Gasteiger partial charge in [-0.25, -0.2) is 4.98 Å². The number of nitrogens with one attached hydrogen (secondary N) is 1. The van der Waals surface area contributed by atoms with Crippen LogP contribution in [0.15, 0.2) is 18.3 Å². The molecule has 0 bridgehead atoms. The summed E-state index contributed by atoms with van der Waals surface area (Å²) in [6.45, 7) is 3.58. The van der Waals surface area contributed by atoms with Gasteiger partial charge in [0.2, 0.25) is 0 Å². The van der Waals surface area contributed by atoms with Crippen molar-refractivity contribution in [2.24, 2.45) is 7.05 Å². The lowest BCUT2D eigenvalue weighted by atomic mass is 9.93. The SMILES string of the molecule is Cc1cc(C2CNCCC2=O)nc2c1ccn2C. The van der Waals surface area contributed by atoms with Gasteiger partial charge in [-0.1, -0.05) is 0 Å². The second-order valence-corrected chi connectivity index (χ2v) is 5.00. The van der Waals surface area contributed by atoms with E-state index in [2.05, 4.69) is 29.4 Å². The Labute approximate surface area is 106 Å². The number of ketones is 1. The first-order valence-corrected chi connectivity index (χ1v) is 6.33. The second-order valence-electron chi connectivity index (χ2n) is 5.00. The number of carbonyl (C=O) groups excluding carboxylic acids is 1. The van der Waals surface area contributed by atoms with E-state index in [4.69, 9.17) is 0 Å². The number of hydrogen-bond acceptors (Lipinski definition) is 3. The van der Waals surface area contributed by atoms with Crippen LogP contribution >= 0.6 is 0 Å². The maximum Gasteiger partial charge on any atom is 0.144 e. The Bertz CT molecular complexity index is 615. The fraction of sp³-hybridized carbons (Fsp3) is 0.429. The average molecular weight is 243 g/mol. The van der Waals surface area contributed by atoms with Gasteiger partial charge in [0.1, 0.15) is 11.4 Å². The third kappa shape index (κ3) is 1.73. The topological polar surface area (TPSA) is 46.9 Å². The third-order valence-corrected chi connectivity index (χ3v) is 3.71. The lowest BCUT2D eigenvalue weighted by Gasteiger charge is -2.21. The fourth-order valence-corrected chi connectivity index (χ4v) is 2.62. The molecule has 1 N–H and O–H groups in total. The molecular formula is C14H17N3O. The van der Waals surface area contributed by atoms with Crippen molar-refractivity contribution in [1.82, 2.24) is 14.9 Å². The summed E-state index contributed by atoms with van der Waals surface area (Å²) in [7, 11) is 1.99. The highest BCUT2D eigenvalue weighted by Crippen LogP contribution is 2.24. The minimum Gasteiger partial charge on any atom is -0.336 e. The van der Waals surface area contributed by atoms with Crippen molar-refractivity contribution >= 4 is 16.8 Å². The molecule has 1 saturated heterocycles. The number of nitrogens with zero attached hydrogens (tertiary/aromatic N) is 2. The molecule has 1 aliphatic heterocycles. The quantitative estimate of drug-likeness (QED) is 0.826. The Kier molecular flexibility index (Phi) is 2.67. The maximum absolute atomic E-state index is 12.0. The molecule has 4 nitrogen and oxygen atoms in total. The van der Waals surface area contributed by atoms with Crippen molar-refractivity contribution in [3.05, 3.63) is 29.6 Å². The van der Waals surface area contributed by atoms with Crippen LogP contribution in [0.25, 0.3) is 11.0 Å². The predicted octanol–water partition coefficient (Wildman–Crippen LogP) is 1.53. The Balaban J connectivity index is 2.11. The summed E-state index contributed by atoms with van der Waals surface area (Å²) in [5.41, 5.74) is 3.05. The highest BCUT2D eigenvalue weighted by Gasteiger charge is 2.25. The van der Waals surface area contributed by atoms with E-state index in [-0.39, 0.29) is 5.92 Å². The number of aromatic nitrogens is 2. The highest BCUT2D eigenvalue weighted by molar-refractivity contribution is 5.88. The van der Waals surface area contributed by atoms with Crippen LogP contribution in [-0.2, 0) is 11.8 Å². The smallest absolute Gasteiger partial charge is 0.144 e. The van der Waals surface area contributed by atoms with Gasteiger partial charge in [-0.3, -0.25) is 4.79 Å². The monoisotopic (exact) mass is 243 g/mol. The molecule has 1 fully saturated rings. The highest BCUT2D eigenvalue weighted by atomic mass is 16.1. The molecule has 1 aliphatic rings. The largest absolute Gasteiger partial charge is 0.336 e. The zero-order valence-electron chi connectivity index (χ0n) is 10.7. The molecule has 18 heavy (non-hydrogen) atoms. The van der Waals surface area contributed by atoms with Crippen molar-refractivity contribution in [2.75, 3.05) is 13.1 Å². The Morgan fingerprint density at radius 3 is 3.11 bits per heavy atom. The number of rotatable bonds is 1. The molecule has 3 rings (SSSR count). The van der Waals surface area contributed by atoms with E-state index in [1.165, 1.54) is 5.56 Å². The molecular weight excluding hydrogens is 226 g/mol. The summed E-state index contributed by atoms with van der Waals surface area (Å²) in [5, 5.41) is 4.44. The summed E-state index contributed by atoms with van der Waals surface area (Å²) >= 11 is 0. The summed E-state index contributed by atoms with van der Waals surface area (Å²) in [6, 6.07) is 4.13. The molecule has 1 atom stereocenters. The van der Waals surface area contributed by atoms with Gasteiger partial charge in [0.05, 0.1) is 11.6 Å². The Morgan fingerprint density at radius 2 is 2.33 bits per heavy atom. The molecule has 3 heterocycles. The van der Waals surface area contributed by atoms with Crippen molar-refractivity contribution in [1.29, 1.82) is 0 Å². The zero-order chi connectivity index (χ0) is 12.7. The second kappa shape index (κ2) is 4.21. The van der Waals surface area contributed by atoms with Gasteiger partial charge in [0.15, 0.2) is 0 Å². The molecule has 0 radical (unpaired) electrons. The van der Waals surface area contributed by atoms with Crippen LogP contribution in [-0.4, -0.2) is 28.4 Å². The molecule has 0 aromatic carbocycles. The van der Waals surface area contributed by atoms with Crippen molar-refractivity contribution in [2.45, 2.75) is 19.3 Å². The number of carbonyl (C=O) groups is 1. The lowest BCUT2D eigenvalue weighted by molar-refractivity contribution is -0.121.